The van der Waals surface area contributed by atoms with Gasteiger partial charge in [-0.2, -0.15) is 0 Å². The summed E-state index contributed by atoms with van der Waals surface area (Å²) in [6, 6.07) is 23.5. The first-order chi connectivity index (χ1) is 14.6. The van der Waals surface area contributed by atoms with Crippen molar-refractivity contribution in [3.63, 3.8) is 0 Å². The summed E-state index contributed by atoms with van der Waals surface area (Å²) in [5.74, 6) is -0.303. The van der Waals surface area contributed by atoms with Crippen molar-refractivity contribution in [1.29, 1.82) is 0 Å². The second-order valence-electron chi connectivity index (χ2n) is 7.18. The number of benzene rings is 3. The Morgan fingerprint density at radius 2 is 1.80 bits per heavy atom. The van der Waals surface area contributed by atoms with Gasteiger partial charge in [0.15, 0.2) is 0 Å². The molecule has 0 bridgehead atoms. The molecule has 4 nitrogen and oxygen atoms in total. The number of nitrogens with one attached hydrogen (secondary N) is 2. The molecule has 30 heavy (non-hydrogen) atoms. The van der Waals surface area contributed by atoms with Crippen molar-refractivity contribution in [2.75, 3.05) is 11.9 Å². The third-order valence-electron chi connectivity index (χ3n) is 4.85. The molecule has 0 fully saturated rings. The lowest BCUT2D eigenvalue weighted by Crippen LogP contribution is -2.26. The van der Waals surface area contributed by atoms with E-state index in [0.29, 0.717) is 22.7 Å². The van der Waals surface area contributed by atoms with Crippen molar-refractivity contribution in [3.8, 4) is 0 Å². The normalized spacial score (nSPS) is 14.2. The largest absolute Gasteiger partial charge is 0.352 e. The summed E-state index contributed by atoms with van der Waals surface area (Å²) < 4.78 is 0. The molecule has 4 rings (SSSR count). The first-order valence-corrected chi connectivity index (χ1v) is 10.6. The standard InChI is InChI=1S/C25H22N2O2S/c1-17-7-9-18(10-8-17)13-14-26-24(28)20-11-12-22-21(16-20)27-25(29)23(30-22)15-19-5-3-2-4-6-19/h2-12,15-16H,13-14H2,1H3,(H,26,28)(H,27,29)/b23-15-. The van der Waals surface area contributed by atoms with Crippen LogP contribution in [0.1, 0.15) is 27.0 Å². The fourth-order valence-electron chi connectivity index (χ4n) is 3.18. The van der Waals surface area contributed by atoms with Gasteiger partial charge in [-0.05, 0) is 48.7 Å². The summed E-state index contributed by atoms with van der Waals surface area (Å²) in [6.07, 6.45) is 2.64. The van der Waals surface area contributed by atoms with Crippen LogP contribution >= 0.6 is 11.8 Å². The highest BCUT2D eigenvalue weighted by Crippen LogP contribution is 2.39. The van der Waals surface area contributed by atoms with Crippen molar-refractivity contribution in [3.05, 3.63) is 100.0 Å². The Hall–Kier alpha value is -3.31. The molecule has 0 saturated carbocycles. The zero-order valence-electron chi connectivity index (χ0n) is 16.6. The van der Waals surface area contributed by atoms with Crippen molar-refractivity contribution < 1.29 is 9.59 Å². The Balaban J connectivity index is 1.41. The van der Waals surface area contributed by atoms with Gasteiger partial charge in [-0.1, -0.05) is 71.9 Å². The molecule has 0 aliphatic carbocycles. The molecule has 3 aromatic carbocycles. The van der Waals surface area contributed by atoms with E-state index >= 15 is 0 Å². The monoisotopic (exact) mass is 414 g/mol. The van der Waals surface area contributed by atoms with Crippen LogP contribution in [-0.4, -0.2) is 18.4 Å². The van der Waals surface area contributed by atoms with E-state index in [0.717, 1.165) is 16.9 Å². The number of fused-ring (bicyclic) bond motifs is 1. The van der Waals surface area contributed by atoms with Gasteiger partial charge in [0.1, 0.15) is 0 Å². The number of aryl methyl sites for hydroxylation is 1. The third kappa shape index (κ3) is 4.81. The number of thioether (sulfide) groups is 1. The van der Waals surface area contributed by atoms with Crippen LogP contribution in [0, 0.1) is 6.92 Å². The molecule has 1 heterocycles. The molecule has 0 aromatic heterocycles. The highest BCUT2D eigenvalue weighted by Gasteiger charge is 2.22. The summed E-state index contributed by atoms with van der Waals surface area (Å²) in [6.45, 7) is 2.61. The molecule has 2 amide bonds. The molecular formula is C25H22N2O2S. The zero-order chi connectivity index (χ0) is 20.9. The number of hydrogen-bond acceptors (Lipinski definition) is 3. The van der Waals surface area contributed by atoms with Crippen molar-refractivity contribution in [2.45, 2.75) is 18.2 Å². The molecule has 0 saturated heterocycles. The third-order valence-corrected chi connectivity index (χ3v) is 5.95. The van der Waals surface area contributed by atoms with Crippen LogP contribution in [0.4, 0.5) is 5.69 Å². The topological polar surface area (TPSA) is 58.2 Å². The van der Waals surface area contributed by atoms with E-state index in [9.17, 15) is 9.59 Å². The lowest BCUT2D eigenvalue weighted by molar-refractivity contribution is -0.112. The van der Waals surface area contributed by atoms with E-state index in [4.69, 9.17) is 0 Å². The fraction of sp³-hybridized carbons (Fsp3) is 0.120. The number of amides is 2. The number of carbonyl (C=O) groups is 2. The average molecular weight is 415 g/mol. The summed E-state index contributed by atoms with van der Waals surface area (Å²) in [7, 11) is 0. The molecule has 1 aliphatic rings. The van der Waals surface area contributed by atoms with Crippen LogP contribution in [0.25, 0.3) is 6.08 Å². The Morgan fingerprint density at radius 3 is 2.57 bits per heavy atom. The lowest BCUT2D eigenvalue weighted by Gasteiger charge is -2.19. The van der Waals surface area contributed by atoms with E-state index < -0.39 is 0 Å². The molecule has 5 heteroatoms. The molecule has 150 valence electrons. The highest BCUT2D eigenvalue weighted by atomic mass is 32.2. The summed E-state index contributed by atoms with van der Waals surface area (Å²) >= 11 is 1.41. The van der Waals surface area contributed by atoms with Gasteiger partial charge >= 0.3 is 0 Å². The zero-order valence-corrected chi connectivity index (χ0v) is 17.5. The minimum atomic E-state index is -0.159. The summed E-state index contributed by atoms with van der Waals surface area (Å²) in [5, 5.41) is 5.86. The van der Waals surface area contributed by atoms with Gasteiger partial charge in [-0.15, -0.1) is 0 Å². The summed E-state index contributed by atoms with van der Waals surface area (Å²) in [5.41, 5.74) is 4.59. The van der Waals surface area contributed by atoms with Gasteiger partial charge in [0, 0.05) is 17.0 Å². The molecular weight excluding hydrogens is 392 g/mol. The smallest absolute Gasteiger partial charge is 0.262 e. The molecule has 0 atom stereocenters. The van der Waals surface area contributed by atoms with Gasteiger partial charge in [-0.3, -0.25) is 9.59 Å². The van der Waals surface area contributed by atoms with Crippen LogP contribution < -0.4 is 10.6 Å². The molecule has 0 unspecified atom stereocenters. The molecule has 3 aromatic rings. The maximum absolute atomic E-state index is 12.5. The van der Waals surface area contributed by atoms with Gasteiger partial charge in [-0.25, -0.2) is 0 Å². The van der Waals surface area contributed by atoms with Crippen LogP contribution in [0.15, 0.2) is 82.6 Å². The van der Waals surface area contributed by atoms with Crippen LogP contribution in [0.3, 0.4) is 0 Å². The van der Waals surface area contributed by atoms with E-state index in [1.807, 2.05) is 42.5 Å². The van der Waals surface area contributed by atoms with Gasteiger partial charge < -0.3 is 10.6 Å². The van der Waals surface area contributed by atoms with Crippen molar-refractivity contribution in [2.24, 2.45) is 0 Å². The van der Waals surface area contributed by atoms with Crippen LogP contribution in [-0.2, 0) is 11.2 Å². The molecule has 1 aliphatic heterocycles. The number of rotatable bonds is 5. The second kappa shape index (κ2) is 9.01. The van der Waals surface area contributed by atoms with Gasteiger partial charge in [0.2, 0.25) is 0 Å². The molecule has 0 spiro atoms. The van der Waals surface area contributed by atoms with Crippen molar-refractivity contribution in [1.82, 2.24) is 5.32 Å². The summed E-state index contributed by atoms with van der Waals surface area (Å²) in [4.78, 5) is 26.6. The van der Waals surface area contributed by atoms with E-state index in [1.54, 1.807) is 12.1 Å². The predicted octanol–water partition coefficient (Wildman–Crippen LogP) is 5.05. The number of anilines is 1. The lowest BCUT2D eigenvalue weighted by atomic mass is 10.1. The Kier molecular flexibility index (Phi) is 6.00. The second-order valence-corrected chi connectivity index (χ2v) is 8.26. The first-order valence-electron chi connectivity index (χ1n) is 9.82. The van der Waals surface area contributed by atoms with Crippen molar-refractivity contribution >= 4 is 35.3 Å². The van der Waals surface area contributed by atoms with Crippen LogP contribution in [0.2, 0.25) is 0 Å². The van der Waals surface area contributed by atoms with Gasteiger partial charge in [0.25, 0.3) is 11.8 Å². The Bertz CT molecular complexity index is 1110. The quantitative estimate of drug-likeness (QED) is 0.574. The first kappa shape index (κ1) is 20.0. The van der Waals surface area contributed by atoms with E-state index in [-0.39, 0.29) is 11.8 Å². The molecule has 2 N–H and O–H groups in total. The van der Waals surface area contributed by atoms with Crippen LogP contribution in [0.5, 0.6) is 0 Å². The highest BCUT2D eigenvalue weighted by molar-refractivity contribution is 8.04. The Labute approximate surface area is 180 Å². The maximum Gasteiger partial charge on any atom is 0.262 e. The minimum absolute atomic E-state index is 0.144. The Morgan fingerprint density at radius 1 is 1.03 bits per heavy atom. The number of hydrogen-bond donors (Lipinski definition) is 2. The minimum Gasteiger partial charge on any atom is -0.352 e. The number of carbonyl (C=O) groups excluding carboxylic acids is 2. The fourth-order valence-corrected chi connectivity index (χ4v) is 4.11. The SMILES string of the molecule is Cc1ccc(CCNC(=O)c2ccc3c(c2)NC(=O)/C(=C/c2ccccc2)S3)cc1. The predicted molar refractivity (Wildman–Crippen MR) is 123 cm³/mol. The van der Waals surface area contributed by atoms with E-state index in [1.165, 1.54) is 22.9 Å². The van der Waals surface area contributed by atoms with Gasteiger partial charge in [0.05, 0.1) is 10.6 Å². The maximum atomic E-state index is 12.5. The molecule has 0 radical (unpaired) electrons. The van der Waals surface area contributed by atoms with E-state index in [2.05, 4.69) is 41.8 Å². The average Bonchev–Trinajstić information content (AvgIpc) is 2.76.